The molecule has 1 N–H and O–H groups in total. The third-order valence-corrected chi connectivity index (χ3v) is 3.45. The van der Waals surface area contributed by atoms with Crippen molar-refractivity contribution in [3.05, 3.63) is 70.1 Å². The Hall–Kier alpha value is -3.48. The van der Waals surface area contributed by atoms with Gasteiger partial charge in [0.2, 0.25) is 11.8 Å². The number of benzene rings is 2. The topological polar surface area (TPSA) is 98.3 Å². The standard InChI is InChI=1S/C17H13N3O4/c1-11-12(6-4-7-14(11)20(22)23)18-16(21)9-10-17-19-13-5-2-3-8-15(13)24-17/h2-10H,1H3,(H,18,21)/b10-9+. The zero-order valence-electron chi connectivity index (χ0n) is 12.7. The van der Waals surface area contributed by atoms with Gasteiger partial charge in [0, 0.05) is 18.2 Å². The molecule has 0 radical (unpaired) electrons. The largest absolute Gasteiger partial charge is 0.437 e. The van der Waals surface area contributed by atoms with E-state index >= 15 is 0 Å². The van der Waals surface area contributed by atoms with E-state index in [1.807, 2.05) is 18.2 Å². The first-order valence-electron chi connectivity index (χ1n) is 7.13. The van der Waals surface area contributed by atoms with Crippen LogP contribution < -0.4 is 5.32 Å². The maximum absolute atomic E-state index is 12.0. The molecule has 0 bridgehead atoms. The zero-order chi connectivity index (χ0) is 17.1. The fraction of sp³-hybridized carbons (Fsp3) is 0.0588. The summed E-state index contributed by atoms with van der Waals surface area (Å²) in [7, 11) is 0. The molecular formula is C17H13N3O4. The molecule has 3 aromatic rings. The van der Waals surface area contributed by atoms with Crippen LogP contribution in [0, 0.1) is 17.0 Å². The Morgan fingerprint density at radius 1 is 1.25 bits per heavy atom. The van der Waals surface area contributed by atoms with E-state index < -0.39 is 10.8 Å². The van der Waals surface area contributed by atoms with E-state index in [9.17, 15) is 14.9 Å². The minimum atomic E-state index is -0.487. The maximum Gasteiger partial charge on any atom is 0.274 e. The van der Waals surface area contributed by atoms with Crippen LogP contribution in [-0.2, 0) is 4.79 Å². The first kappa shape index (κ1) is 15.4. The third kappa shape index (κ3) is 3.14. The monoisotopic (exact) mass is 323 g/mol. The normalized spacial score (nSPS) is 11.0. The summed E-state index contributed by atoms with van der Waals surface area (Å²) in [5.41, 5.74) is 2.07. The third-order valence-electron chi connectivity index (χ3n) is 3.45. The molecular weight excluding hydrogens is 310 g/mol. The van der Waals surface area contributed by atoms with Crippen molar-refractivity contribution in [3.8, 4) is 0 Å². The molecule has 0 saturated carbocycles. The van der Waals surface area contributed by atoms with Crippen LogP contribution in [0.5, 0.6) is 0 Å². The van der Waals surface area contributed by atoms with E-state index in [4.69, 9.17) is 4.42 Å². The number of carbonyl (C=O) groups is 1. The van der Waals surface area contributed by atoms with Gasteiger partial charge in [0.25, 0.3) is 5.69 Å². The molecule has 0 atom stereocenters. The first-order chi connectivity index (χ1) is 11.5. The molecule has 1 amide bonds. The zero-order valence-corrected chi connectivity index (χ0v) is 12.7. The van der Waals surface area contributed by atoms with Gasteiger partial charge < -0.3 is 9.73 Å². The molecule has 1 aromatic heterocycles. The molecule has 2 aromatic carbocycles. The highest BCUT2D eigenvalue weighted by Gasteiger charge is 2.14. The second-order valence-electron chi connectivity index (χ2n) is 5.05. The summed E-state index contributed by atoms with van der Waals surface area (Å²) < 4.78 is 5.48. The minimum absolute atomic E-state index is 0.0456. The number of nitro groups is 1. The van der Waals surface area contributed by atoms with Crippen LogP contribution in [0.3, 0.4) is 0 Å². The van der Waals surface area contributed by atoms with E-state index in [0.717, 1.165) is 0 Å². The predicted molar refractivity (Wildman–Crippen MR) is 89.5 cm³/mol. The molecule has 0 spiro atoms. The molecule has 120 valence electrons. The summed E-state index contributed by atoms with van der Waals surface area (Å²) in [5.74, 6) is -0.122. The second-order valence-corrected chi connectivity index (χ2v) is 5.05. The molecule has 0 aliphatic carbocycles. The van der Waals surface area contributed by atoms with E-state index in [0.29, 0.717) is 28.2 Å². The lowest BCUT2D eigenvalue weighted by atomic mass is 10.1. The Morgan fingerprint density at radius 3 is 2.79 bits per heavy atom. The number of nitrogens with zero attached hydrogens (tertiary/aromatic N) is 2. The molecule has 0 fully saturated rings. The molecule has 0 aliphatic heterocycles. The highest BCUT2D eigenvalue weighted by molar-refractivity contribution is 6.02. The van der Waals surface area contributed by atoms with Gasteiger partial charge in [-0.25, -0.2) is 4.98 Å². The van der Waals surface area contributed by atoms with Crippen molar-refractivity contribution in [3.63, 3.8) is 0 Å². The number of para-hydroxylation sites is 2. The van der Waals surface area contributed by atoms with Crippen LogP contribution in [0.2, 0.25) is 0 Å². The van der Waals surface area contributed by atoms with Crippen molar-refractivity contribution in [2.24, 2.45) is 0 Å². The Morgan fingerprint density at radius 2 is 2.04 bits per heavy atom. The van der Waals surface area contributed by atoms with Crippen molar-refractivity contribution in [2.75, 3.05) is 5.32 Å². The lowest BCUT2D eigenvalue weighted by molar-refractivity contribution is -0.385. The molecule has 0 saturated heterocycles. The van der Waals surface area contributed by atoms with Gasteiger partial charge in [-0.05, 0) is 25.1 Å². The van der Waals surface area contributed by atoms with Gasteiger partial charge in [0.1, 0.15) is 5.52 Å². The predicted octanol–water partition coefficient (Wildman–Crippen LogP) is 3.70. The lowest BCUT2D eigenvalue weighted by Gasteiger charge is -2.06. The number of oxazole rings is 1. The van der Waals surface area contributed by atoms with E-state index in [-0.39, 0.29) is 5.69 Å². The Kier molecular flexibility index (Phi) is 4.07. The highest BCUT2D eigenvalue weighted by atomic mass is 16.6. The molecule has 0 unspecified atom stereocenters. The number of anilines is 1. The summed E-state index contributed by atoms with van der Waals surface area (Å²) in [6.07, 6.45) is 2.71. The Labute approximate surface area is 136 Å². The van der Waals surface area contributed by atoms with Gasteiger partial charge in [-0.1, -0.05) is 18.2 Å². The van der Waals surface area contributed by atoms with Crippen molar-refractivity contribution in [1.29, 1.82) is 0 Å². The van der Waals surface area contributed by atoms with Crippen molar-refractivity contribution in [2.45, 2.75) is 6.92 Å². The summed E-state index contributed by atoms with van der Waals surface area (Å²) in [6, 6.07) is 11.8. The first-order valence-corrected chi connectivity index (χ1v) is 7.13. The number of fused-ring (bicyclic) bond motifs is 1. The summed E-state index contributed by atoms with van der Waals surface area (Å²) in [6.45, 7) is 1.58. The van der Waals surface area contributed by atoms with Gasteiger partial charge in [-0.2, -0.15) is 0 Å². The van der Waals surface area contributed by atoms with Crippen LogP contribution in [0.1, 0.15) is 11.5 Å². The second kappa shape index (κ2) is 6.33. The SMILES string of the molecule is Cc1c(NC(=O)/C=C/c2nc3ccccc3o2)cccc1[N+](=O)[O-]. The van der Waals surface area contributed by atoms with E-state index in [1.165, 1.54) is 24.3 Å². The fourth-order valence-electron chi connectivity index (χ4n) is 2.24. The number of hydrogen-bond donors (Lipinski definition) is 1. The fourth-order valence-corrected chi connectivity index (χ4v) is 2.24. The molecule has 0 aliphatic rings. The summed E-state index contributed by atoms with van der Waals surface area (Å²) >= 11 is 0. The van der Waals surface area contributed by atoms with Gasteiger partial charge >= 0.3 is 0 Å². The number of hydrogen-bond acceptors (Lipinski definition) is 5. The number of nitrogens with one attached hydrogen (secondary N) is 1. The molecule has 24 heavy (non-hydrogen) atoms. The molecule has 3 rings (SSSR count). The Balaban J connectivity index is 1.76. The average molecular weight is 323 g/mol. The summed E-state index contributed by atoms with van der Waals surface area (Å²) in [4.78, 5) is 26.6. The van der Waals surface area contributed by atoms with E-state index in [2.05, 4.69) is 10.3 Å². The van der Waals surface area contributed by atoms with Crippen LogP contribution in [0.15, 0.2) is 53.0 Å². The highest BCUT2D eigenvalue weighted by Crippen LogP contribution is 2.25. The minimum Gasteiger partial charge on any atom is -0.437 e. The molecule has 7 nitrogen and oxygen atoms in total. The smallest absolute Gasteiger partial charge is 0.274 e. The number of rotatable bonds is 4. The van der Waals surface area contributed by atoms with Crippen LogP contribution in [0.25, 0.3) is 17.2 Å². The van der Waals surface area contributed by atoms with Crippen LogP contribution >= 0.6 is 0 Å². The van der Waals surface area contributed by atoms with Crippen LogP contribution in [-0.4, -0.2) is 15.8 Å². The van der Waals surface area contributed by atoms with Crippen molar-refractivity contribution in [1.82, 2.24) is 4.98 Å². The molecule has 1 heterocycles. The van der Waals surface area contributed by atoms with Gasteiger partial charge in [-0.3, -0.25) is 14.9 Å². The Bertz CT molecular complexity index is 926. The van der Waals surface area contributed by atoms with Gasteiger partial charge in [0.05, 0.1) is 16.2 Å². The molecule has 7 heteroatoms. The van der Waals surface area contributed by atoms with Gasteiger partial charge in [0.15, 0.2) is 5.58 Å². The van der Waals surface area contributed by atoms with Crippen LogP contribution in [0.4, 0.5) is 11.4 Å². The van der Waals surface area contributed by atoms with Crippen molar-refractivity contribution < 1.29 is 14.1 Å². The average Bonchev–Trinajstić information content (AvgIpc) is 2.97. The summed E-state index contributed by atoms with van der Waals surface area (Å²) in [5, 5.41) is 13.5. The van der Waals surface area contributed by atoms with Crippen molar-refractivity contribution >= 4 is 34.5 Å². The lowest BCUT2D eigenvalue weighted by Crippen LogP contribution is -2.09. The maximum atomic E-state index is 12.0. The quantitative estimate of drug-likeness (QED) is 0.448. The number of amides is 1. The number of aromatic nitrogens is 1. The van der Waals surface area contributed by atoms with E-state index in [1.54, 1.807) is 19.1 Å². The van der Waals surface area contributed by atoms with Gasteiger partial charge in [-0.15, -0.1) is 0 Å². The number of carbonyl (C=O) groups excluding carboxylic acids is 1. The number of nitro benzene ring substituents is 1.